The molecule has 0 saturated heterocycles. The molecule has 1 heterocycles. The topological polar surface area (TPSA) is 88.5 Å². The molecule has 44 heavy (non-hydrogen) atoms. The fourth-order valence-electron chi connectivity index (χ4n) is 5.49. The van der Waals surface area contributed by atoms with E-state index in [2.05, 4.69) is 24.3 Å². The minimum absolute atomic E-state index is 0.0819. The van der Waals surface area contributed by atoms with Crippen LogP contribution >= 0.6 is 0 Å². The van der Waals surface area contributed by atoms with E-state index in [1.807, 2.05) is 68.1 Å². The molecule has 0 unspecified atom stereocenters. The fourth-order valence-corrected chi connectivity index (χ4v) is 5.49. The van der Waals surface area contributed by atoms with E-state index in [1.165, 1.54) is 0 Å². The standard InChI is InChI=1S/C36H42N2O6/c1-36(2,3)44-35(41)37-16-15-32(28-12-8-11-27(21-28)26-9-6-5-7-10-26)33(24-37)34(40)38(29-13-14-29)23-25-19-30(42-4)22-31(20-25)43-18-17-39/h5-12,19-22,29,39H,13-18,23-24H2,1-4H3. The average Bonchev–Trinajstić information content (AvgIpc) is 3.87. The molecule has 3 aromatic carbocycles. The molecule has 2 amide bonds. The molecule has 3 aromatic rings. The van der Waals surface area contributed by atoms with Crippen LogP contribution in [0.5, 0.6) is 11.5 Å². The van der Waals surface area contributed by atoms with Crippen LogP contribution in [0, 0.1) is 0 Å². The van der Waals surface area contributed by atoms with Gasteiger partial charge in [0.1, 0.15) is 23.7 Å². The Morgan fingerprint density at radius 1 is 0.932 bits per heavy atom. The molecule has 0 atom stereocenters. The second-order valence-electron chi connectivity index (χ2n) is 12.3. The normalized spacial score (nSPS) is 15.2. The van der Waals surface area contributed by atoms with Crippen molar-refractivity contribution in [3.63, 3.8) is 0 Å². The molecule has 1 aliphatic carbocycles. The summed E-state index contributed by atoms with van der Waals surface area (Å²) in [6.07, 6.45) is 1.96. The van der Waals surface area contributed by atoms with Gasteiger partial charge < -0.3 is 29.1 Å². The highest BCUT2D eigenvalue weighted by molar-refractivity contribution is 6.03. The first-order valence-electron chi connectivity index (χ1n) is 15.2. The lowest BCUT2D eigenvalue weighted by Gasteiger charge is -2.34. The highest BCUT2D eigenvalue weighted by Gasteiger charge is 2.38. The van der Waals surface area contributed by atoms with Crippen LogP contribution in [0.25, 0.3) is 16.7 Å². The van der Waals surface area contributed by atoms with Crippen LogP contribution in [0.4, 0.5) is 4.79 Å². The second kappa shape index (κ2) is 13.6. The first kappa shape index (κ1) is 31.1. The van der Waals surface area contributed by atoms with Gasteiger partial charge in [-0.1, -0.05) is 48.5 Å². The predicted octanol–water partition coefficient (Wildman–Crippen LogP) is 6.32. The van der Waals surface area contributed by atoms with Crippen molar-refractivity contribution in [2.75, 3.05) is 33.4 Å². The molecule has 0 bridgehead atoms. The van der Waals surface area contributed by atoms with Gasteiger partial charge in [-0.25, -0.2) is 4.79 Å². The molecule has 1 saturated carbocycles. The smallest absolute Gasteiger partial charge is 0.410 e. The second-order valence-corrected chi connectivity index (χ2v) is 12.3. The predicted molar refractivity (Wildman–Crippen MR) is 170 cm³/mol. The number of hydrogen-bond donors (Lipinski definition) is 1. The maximum atomic E-state index is 14.6. The van der Waals surface area contributed by atoms with E-state index in [9.17, 15) is 14.7 Å². The van der Waals surface area contributed by atoms with Crippen LogP contribution in [0.3, 0.4) is 0 Å². The van der Waals surface area contributed by atoms with E-state index in [-0.39, 0.29) is 31.7 Å². The molecular weight excluding hydrogens is 556 g/mol. The minimum Gasteiger partial charge on any atom is -0.497 e. The summed E-state index contributed by atoms with van der Waals surface area (Å²) in [5.41, 5.74) is 4.95. The van der Waals surface area contributed by atoms with Crippen LogP contribution in [0.2, 0.25) is 0 Å². The summed E-state index contributed by atoms with van der Waals surface area (Å²) in [5, 5.41) is 9.24. The number of carbonyl (C=O) groups excluding carboxylic acids is 2. The van der Waals surface area contributed by atoms with Gasteiger partial charge in [-0.15, -0.1) is 0 Å². The number of ether oxygens (including phenoxy) is 3. The molecular formula is C36H42N2O6. The summed E-state index contributed by atoms with van der Waals surface area (Å²) >= 11 is 0. The summed E-state index contributed by atoms with van der Waals surface area (Å²) < 4.78 is 16.9. The van der Waals surface area contributed by atoms with Gasteiger partial charge in [0.2, 0.25) is 0 Å². The highest BCUT2D eigenvalue weighted by Crippen LogP contribution is 2.36. The Kier molecular flexibility index (Phi) is 9.59. The molecule has 5 rings (SSSR count). The van der Waals surface area contributed by atoms with Crippen molar-refractivity contribution in [2.24, 2.45) is 0 Å². The number of nitrogens with zero attached hydrogens (tertiary/aromatic N) is 2. The van der Waals surface area contributed by atoms with E-state index < -0.39 is 11.7 Å². The monoisotopic (exact) mass is 598 g/mol. The Morgan fingerprint density at radius 3 is 2.32 bits per heavy atom. The van der Waals surface area contributed by atoms with E-state index in [1.54, 1.807) is 18.1 Å². The van der Waals surface area contributed by atoms with Gasteiger partial charge in [-0.2, -0.15) is 0 Å². The highest BCUT2D eigenvalue weighted by atomic mass is 16.6. The molecule has 1 fully saturated rings. The Morgan fingerprint density at radius 2 is 1.64 bits per heavy atom. The Hall–Kier alpha value is -4.30. The van der Waals surface area contributed by atoms with E-state index >= 15 is 0 Å². The van der Waals surface area contributed by atoms with Crippen molar-refractivity contribution in [3.8, 4) is 22.6 Å². The third-order valence-corrected chi connectivity index (χ3v) is 7.71. The van der Waals surface area contributed by atoms with Crippen LogP contribution in [0.15, 0.2) is 78.4 Å². The first-order chi connectivity index (χ1) is 21.1. The number of amides is 2. The third-order valence-electron chi connectivity index (χ3n) is 7.71. The van der Waals surface area contributed by atoms with Crippen molar-refractivity contribution in [3.05, 3.63) is 89.5 Å². The van der Waals surface area contributed by atoms with Gasteiger partial charge in [0.15, 0.2) is 0 Å². The molecule has 0 aromatic heterocycles. The van der Waals surface area contributed by atoms with Gasteiger partial charge in [0, 0.05) is 30.8 Å². The zero-order valence-corrected chi connectivity index (χ0v) is 26.0. The van der Waals surface area contributed by atoms with E-state index in [0.717, 1.165) is 40.7 Å². The summed E-state index contributed by atoms with van der Waals surface area (Å²) in [6, 6.07) is 24.1. The summed E-state index contributed by atoms with van der Waals surface area (Å²) in [5.74, 6) is 1.11. The van der Waals surface area contributed by atoms with Gasteiger partial charge in [-0.3, -0.25) is 4.79 Å². The fraction of sp³-hybridized carbons (Fsp3) is 0.389. The molecule has 8 nitrogen and oxygen atoms in total. The Labute approximate surface area is 259 Å². The van der Waals surface area contributed by atoms with Crippen LogP contribution in [-0.2, 0) is 16.1 Å². The zero-order valence-electron chi connectivity index (χ0n) is 26.0. The van der Waals surface area contributed by atoms with Crippen molar-refractivity contribution in [1.29, 1.82) is 0 Å². The Bertz CT molecular complexity index is 1510. The summed E-state index contributed by atoms with van der Waals surface area (Å²) in [6.45, 7) is 6.60. The SMILES string of the molecule is COc1cc(CN(C(=O)C2=C(c3cccc(-c4ccccc4)c3)CCN(C(=O)OC(C)(C)C)C2)C2CC2)cc(OCCO)c1. The quantitative estimate of drug-likeness (QED) is 0.294. The number of carbonyl (C=O) groups is 2. The zero-order chi connectivity index (χ0) is 31.3. The minimum atomic E-state index is -0.641. The molecule has 2 aliphatic rings. The first-order valence-corrected chi connectivity index (χ1v) is 15.2. The van der Waals surface area contributed by atoms with E-state index in [4.69, 9.17) is 14.2 Å². The third kappa shape index (κ3) is 7.80. The van der Waals surface area contributed by atoms with Gasteiger partial charge in [-0.05, 0) is 86.1 Å². The largest absolute Gasteiger partial charge is 0.497 e. The van der Waals surface area contributed by atoms with Crippen molar-refractivity contribution < 1.29 is 28.9 Å². The number of aliphatic hydroxyl groups is 1. The average molecular weight is 599 g/mol. The van der Waals surface area contributed by atoms with Crippen molar-refractivity contribution in [1.82, 2.24) is 9.80 Å². The maximum Gasteiger partial charge on any atom is 0.410 e. The number of rotatable bonds is 10. The number of hydrogen-bond acceptors (Lipinski definition) is 6. The molecule has 232 valence electrons. The van der Waals surface area contributed by atoms with Crippen LogP contribution in [0.1, 0.15) is 51.2 Å². The molecule has 0 radical (unpaired) electrons. The maximum absolute atomic E-state index is 14.6. The lowest BCUT2D eigenvalue weighted by molar-refractivity contribution is -0.128. The number of aliphatic hydroxyl groups excluding tert-OH is 1. The lowest BCUT2D eigenvalue weighted by Crippen LogP contribution is -2.44. The van der Waals surface area contributed by atoms with E-state index in [0.29, 0.717) is 36.6 Å². The van der Waals surface area contributed by atoms with Crippen LogP contribution < -0.4 is 9.47 Å². The molecule has 1 aliphatic heterocycles. The molecule has 8 heteroatoms. The van der Waals surface area contributed by atoms with Crippen molar-refractivity contribution >= 4 is 17.6 Å². The summed E-state index contributed by atoms with van der Waals surface area (Å²) in [4.78, 5) is 31.3. The van der Waals surface area contributed by atoms with Gasteiger partial charge >= 0.3 is 6.09 Å². The van der Waals surface area contributed by atoms with Gasteiger partial charge in [0.05, 0.1) is 20.3 Å². The van der Waals surface area contributed by atoms with Gasteiger partial charge in [0.25, 0.3) is 5.91 Å². The molecule has 0 spiro atoms. The summed E-state index contributed by atoms with van der Waals surface area (Å²) in [7, 11) is 1.59. The number of benzene rings is 3. The van der Waals surface area contributed by atoms with Crippen molar-refractivity contribution in [2.45, 2.75) is 58.2 Å². The van der Waals surface area contributed by atoms with Crippen LogP contribution in [-0.4, -0.2) is 72.0 Å². The Balaban J connectivity index is 1.52. The lowest BCUT2D eigenvalue weighted by atomic mass is 9.90. The number of methoxy groups -OCH3 is 1. The molecule has 1 N–H and O–H groups in total.